The Labute approximate surface area is 251 Å². The van der Waals surface area contributed by atoms with Crippen molar-refractivity contribution in [3.05, 3.63) is 64.7 Å². The van der Waals surface area contributed by atoms with Gasteiger partial charge in [-0.05, 0) is 54.8 Å². The van der Waals surface area contributed by atoms with E-state index in [0.717, 1.165) is 16.7 Å². The fourth-order valence-corrected chi connectivity index (χ4v) is 3.57. The molecule has 0 aliphatic carbocycles. The first-order valence-corrected chi connectivity index (χ1v) is 13.0. The summed E-state index contributed by atoms with van der Waals surface area (Å²) in [6.07, 6.45) is 5.48. The smallest absolute Gasteiger partial charge is 0.748 e. The minimum absolute atomic E-state index is 0. The Morgan fingerprint density at radius 2 is 1.37 bits per heavy atom. The zero-order valence-corrected chi connectivity index (χ0v) is 25.3. The Morgan fingerprint density at radius 3 is 1.94 bits per heavy atom. The molecular weight excluding hydrogens is 514 g/mol. The van der Waals surface area contributed by atoms with E-state index in [1.165, 1.54) is 0 Å². The van der Waals surface area contributed by atoms with Crippen LogP contribution < -0.4 is 63.9 Å². The van der Waals surface area contributed by atoms with Crippen molar-refractivity contribution >= 4 is 20.2 Å². The predicted molar refractivity (Wildman–Crippen MR) is 120 cm³/mol. The van der Waals surface area contributed by atoms with Crippen molar-refractivity contribution in [1.82, 2.24) is 0 Å². The van der Waals surface area contributed by atoms with Crippen molar-refractivity contribution in [2.75, 3.05) is 24.7 Å². The van der Waals surface area contributed by atoms with Crippen molar-refractivity contribution in [3.8, 4) is 29.9 Å². The van der Waals surface area contributed by atoms with Gasteiger partial charge >= 0.3 is 59.1 Å². The van der Waals surface area contributed by atoms with Crippen molar-refractivity contribution in [1.29, 1.82) is 0 Å². The zero-order valence-electron chi connectivity index (χ0n) is 19.7. The summed E-state index contributed by atoms with van der Waals surface area (Å²) in [4.78, 5) is 0. The molecule has 176 valence electrons. The fraction of sp³-hybridized carbons (Fsp3) is 0.304. The second-order valence-electron chi connectivity index (χ2n) is 6.93. The molecule has 0 fully saturated rings. The number of hydrogen-bond acceptors (Lipinski definition) is 8. The molecule has 0 aliphatic heterocycles. The van der Waals surface area contributed by atoms with Gasteiger partial charge in [-0.1, -0.05) is 23.8 Å². The van der Waals surface area contributed by atoms with Gasteiger partial charge in [-0.25, -0.2) is 16.8 Å². The van der Waals surface area contributed by atoms with E-state index >= 15 is 0 Å². The predicted octanol–water partition coefficient (Wildman–Crippen LogP) is -4.16. The largest absolute Gasteiger partial charge is 1.00 e. The molecular formula is C23H22Na2O8S2. The maximum Gasteiger partial charge on any atom is 1.00 e. The average molecular weight is 537 g/mol. The third kappa shape index (κ3) is 15.1. The summed E-state index contributed by atoms with van der Waals surface area (Å²) in [6, 6.07) is 12.2. The molecule has 0 atom stereocenters. The van der Waals surface area contributed by atoms with Crippen LogP contribution in [-0.4, -0.2) is 50.7 Å². The van der Waals surface area contributed by atoms with E-state index < -0.39 is 31.7 Å². The van der Waals surface area contributed by atoms with Crippen LogP contribution in [0.2, 0.25) is 0 Å². The van der Waals surface area contributed by atoms with Gasteiger partial charge in [-0.15, -0.1) is 6.42 Å². The van der Waals surface area contributed by atoms with E-state index in [9.17, 15) is 25.9 Å². The molecule has 2 rings (SSSR count). The normalized spacial score (nSPS) is 10.7. The minimum Gasteiger partial charge on any atom is -0.748 e. The Balaban J connectivity index is 0.00000578. The first-order valence-electron chi connectivity index (χ1n) is 9.85. The van der Waals surface area contributed by atoms with E-state index in [2.05, 4.69) is 17.8 Å². The summed E-state index contributed by atoms with van der Waals surface area (Å²) < 4.78 is 75.2. The van der Waals surface area contributed by atoms with E-state index in [1.54, 1.807) is 42.5 Å². The van der Waals surface area contributed by atoms with Crippen molar-refractivity contribution < 1.29 is 94.5 Å². The van der Waals surface area contributed by atoms with E-state index in [-0.39, 0.29) is 91.8 Å². The number of rotatable bonds is 11. The van der Waals surface area contributed by atoms with Crippen molar-refractivity contribution in [3.63, 3.8) is 0 Å². The van der Waals surface area contributed by atoms with Gasteiger partial charge in [-0.2, -0.15) is 0 Å². The average Bonchev–Trinajstić information content (AvgIpc) is 2.74. The summed E-state index contributed by atoms with van der Waals surface area (Å²) in [5, 5.41) is 0. The quantitative estimate of drug-likeness (QED) is 0.122. The molecule has 0 spiro atoms. The number of benzene rings is 2. The Morgan fingerprint density at radius 1 is 0.800 bits per heavy atom. The van der Waals surface area contributed by atoms with Crippen LogP contribution in [-0.2, 0) is 31.6 Å². The maximum atomic E-state index is 10.8. The summed E-state index contributed by atoms with van der Waals surface area (Å²) in [5.41, 5.74) is 2.70. The first kappa shape index (κ1) is 34.1. The molecule has 0 heterocycles. The van der Waals surface area contributed by atoms with Gasteiger partial charge in [-0.3, -0.25) is 0 Å². The van der Waals surface area contributed by atoms with Gasteiger partial charge in [0.1, 0.15) is 5.75 Å². The molecule has 0 bridgehead atoms. The van der Waals surface area contributed by atoms with E-state index in [4.69, 9.17) is 15.9 Å². The second-order valence-corrected chi connectivity index (χ2v) is 9.98. The summed E-state index contributed by atoms with van der Waals surface area (Å²) in [6.45, 7) is 0.289. The topological polar surface area (TPSA) is 133 Å². The molecule has 2 aromatic carbocycles. The van der Waals surface area contributed by atoms with E-state index in [0.29, 0.717) is 11.3 Å². The molecule has 12 heteroatoms. The van der Waals surface area contributed by atoms with Crippen LogP contribution in [0, 0.1) is 24.2 Å². The molecule has 2 aromatic rings. The van der Waals surface area contributed by atoms with Crippen LogP contribution in [0.4, 0.5) is 0 Å². The Bertz CT molecular complexity index is 1260. The minimum atomic E-state index is -4.32. The maximum absolute atomic E-state index is 10.8. The molecule has 0 unspecified atom stereocenters. The molecule has 0 N–H and O–H groups in total. The fourth-order valence-electron chi connectivity index (χ4n) is 2.63. The Kier molecular flexibility index (Phi) is 16.4. The van der Waals surface area contributed by atoms with Gasteiger partial charge in [0.15, 0.2) is 0 Å². The zero-order chi connectivity index (χ0) is 24.3. The number of ether oxygens (including phenoxy) is 2. The van der Waals surface area contributed by atoms with Crippen LogP contribution in [0.1, 0.15) is 35.1 Å². The van der Waals surface area contributed by atoms with Crippen LogP contribution >= 0.6 is 0 Å². The Hall–Kier alpha value is -0.860. The summed E-state index contributed by atoms with van der Waals surface area (Å²) in [5.74, 6) is 7.92. The molecule has 0 radical (unpaired) electrons. The van der Waals surface area contributed by atoms with Crippen molar-refractivity contribution in [2.24, 2.45) is 0 Å². The number of hydrogen-bond donors (Lipinski definition) is 0. The van der Waals surface area contributed by atoms with Crippen LogP contribution in [0.25, 0.3) is 0 Å². The second kappa shape index (κ2) is 16.8. The molecule has 35 heavy (non-hydrogen) atoms. The number of terminal acetylenes is 1. The monoisotopic (exact) mass is 536 g/mol. The molecule has 0 aromatic heterocycles. The van der Waals surface area contributed by atoms with Crippen LogP contribution in [0.5, 0.6) is 5.75 Å². The van der Waals surface area contributed by atoms with E-state index in [1.807, 2.05) is 0 Å². The third-order valence-corrected chi connectivity index (χ3v) is 5.76. The van der Waals surface area contributed by atoms with Gasteiger partial charge in [0.05, 0.1) is 39.0 Å². The molecule has 0 amide bonds. The first-order chi connectivity index (χ1) is 15.6. The molecule has 8 nitrogen and oxygen atoms in total. The van der Waals surface area contributed by atoms with Gasteiger partial charge in [0.25, 0.3) is 0 Å². The molecule has 0 aliphatic rings. The standard InChI is InChI=1S/C23H24O8S2.2Na/c1-2-19-5-7-20(8-6-19)9-11-22-17-21(18-30-13-3-15-32(24,25)26)10-12-23(22)31-14-4-16-33(27,28)29;;/h1,5-8,10,12,17H,3-4,13-16,18H2,(H,24,25,26)(H,27,28,29);;/q;2*+1/p-2. The molecule has 0 saturated carbocycles. The van der Waals surface area contributed by atoms with Gasteiger partial charge in [0, 0.05) is 29.2 Å². The van der Waals surface area contributed by atoms with Crippen molar-refractivity contribution in [2.45, 2.75) is 19.4 Å². The summed E-state index contributed by atoms with van der Waals surface area (Å²) >= 11 is 0. The van der Waals surface area contributed by atoms with Gasteiger partial charge < -0.3 is 18.6 Å². The van der Waals surface area contributed by atoms with Gasteiger partial charge in [0.2, 0.25) is 0 Å². The SMILES string of the molecule is C#Cc1ccc(C#Cc2cc(COCCCS(=O)(=O)[O-])ccc2OCCCS(=O)(=O)[O-])cc1.[Na+].[Na+]. The van der Waals surface area contributed by atoms with Crippen LogP contribution in [0.15, 0.2) is 42.5 Å². The summed E-state index contributed by atoms with van der Waals surface area (Å²) in [7, 11) is -8.59. The molecule has 0 saturated heterocycles. The van der Waals surface area contributed by atoms with Crippen LogP contribution in [0.3, 0.4) is 0 Å². The third-order valence-electron chi connectivity index (χ3n) is 4.19.